The SMILES string of the molecule is C[Si](C)(C)Oc1cnc(O[Si](C)(C)C)c(O[Si](C)(C)C)n1. The van der Waals surface area contributed by atoms with Crippen LogP contribution in [0, 0.1) is 0 Å². The summed E-state index contributed by atoms with van der Waals surface area (Å²) < 4.78 is 17.9. The van der Waals surface area contributed by atoms with E-state index in [0.29, 0.717) is 17.6 Å². The molecule has 0 aliphatic carbocycles. The Hall–Kier alpha value is -0.869. The Morgan fingerprint density at radius 1 is 0.667 bits per heavy atom. The fourth-order valence-corrected chi connectivity index (χ4v) is 3.58. The first-order chi connectivity index (χ1) is 9.25. The van der Waals surface area contributed by atoms with E-state index in [9.17, 15) is 0 Å². The van der Waals surface area contributed by atoms with Gasteiger partial charge in [0, 0.05) is 0 Å². The molecule has 1 aromatic heterocycles. The fraction of sp³-hybridized carbons (Fsp3) is 0.692. The Balaban J connectivity index is 3.14. The molecule has 120 valence electrons. The first-order valence-electron chi connectivity index (χ1n) is 7.19. The van der Waals surface area contributed by atoms with Gasteiger partial charge in [-0.1, -0.05) is 0 Å². The number of hydrogen-bond acceptors (Lipinski definition) is 5. The van der Waals surface area contributed by atoms with Crippen molar-refractivity contribution in [3.63, 3.8) is 0 Å². The lowest BCUT2D eigenvalue weighted by molar-refractivity contribution is 0.438. The molecule has 1 rings (SSSR count). The Bertz CT molecular complexity index is 491. The average Bonchev–Trinajstić information content (AvgIpc) is 2.15. The van der Waals surface area contributed by atoms with Crippen LogP contribution >= 0.6 is 0 Å². The van der Waals surface area contributed by atoms with Gasteiger partial charge in [-0.2, -0.15) is 4.98 Å². The van der Waals surface area contributed by atoms with E-state index >= 15 is 0 Å². The van der Waals surface area contributed by atoms with Gasteiger partial charge in [-0.25, -0.2) is 4.98 Å². The highest BCUT2D eigenvalue weighted by Crippen LogP contribution is 2.29. The largest absolute Gasteiger partial charge is 0.530 e. The zero-order valence-corrected chi connectivity index (χ0v) is 17.7. The summed E-state index contributed by atoms with van der Waals surface area (Å²) >= 11 is 0. The van der Waals surface area contributed by atoms with Crippen LogP contribution < -0.4 is 13.3 Å². The normalized spacial score (nSPS) is 13.0. The molecule has 0 aromatic carbocycles. The van der Waals surface area contributed by atoms with E-state index in [4.69, 9.17) is 13.3 Å². The summed E-state index contributed by atoms with van der Waals surface area (Å²) in [5.74, 6) is 1.47. The van der Waals surface area contributed by atoms with Crippen LogP contribution in [0.1, 0.15) is 0 Å². The standard InChI is InChI=1S/C13H28N2O3Si3/c1-19(2,3)16-11-10-14-12(17-20(4,5)6)13(15-11)18-21(7,8)9/h10H,1-9H3. The summed E-state index contributed by atoms with van der Waals surface area (Å²) in [4.78, 5) is 8.86. The average molecular weight is 345 g/mol. The van der Waals surface area contributed by atoms with Crippen LogP contribution in [-0.2, 0) is 0 Å². The second kappa shape index (κ2) is 6.09. The lowest BCUT2D eigenvalue weighted by atomic mass is 10.6. The van der Waals surface area contributed by atoms with Crippen molar-refractivity contribution in [3.8, 4) is 17.6 Å². The minimum absolute atomic E-state index is 0.465. The molecule has 0 spiro atoms. The molecule has 0 bridgehead atoms. The maximum absolute atomic E-state index is 6.03. The molecular weight excluding hydrogens is 316 g/mol. The van der Waals surface area contributed by atoms with Crippen LogP contribution in [-0.4, -0.2) is 34.9 Å². The van der Waals surface area contributed by atoms with Gasteiger partial charge < -0.3 is 13.3 Å². The van der Waals surface area contributed by atoms with Crippen LogP contribution in [0.5, 0.6) is 17.6 Å². The Kier molecular flexibility index (Phi) is 5.27. The summed E-state index contributed by atoms with van der Waals surface area (Å²) in [5.41, 5.74) is 0. The minimum Gasteiger partial charge on any atom is -0.530 e. The number of rotatable bonds is 6. The highest BCUT2D eigenvalue weighted by atomic mass is 28.4. The molecule has 5 nitrogen and oxygen atoms in total. The molecule has 1 heterocycles. The van der Waals surface area contributed by atoms with Crippen molar-refractivity contribution in [1.29, 1.82) is 0 Å². The molecule has 0 aliphatic rings. The molecule has 0 N–H and O–H groups in total. The first-order valence-corrected chi connectivity index (χ1v) is 17.4. The third-order valence-corrected chi connectivity index (χ3v) is 4.34. The second-order valence-corrected chi connectivity index (χ2v) is 21.2. The molecule has 8 heteroatoms. The molecule has 0 radical (unpaired) electrons. The summed E-state index contributed by atoms with van der Waals surface area (Å²) in [5, 5.41) is 0. The van der Waals surface area contributed by atoms with Gasteiger partial charge in [0.05, 0.1) is 6.20 Å². The lowest BCUT2D eigenvalue weighted by Gasteiger charge is -2.25. The third kappa shape index (κ3) is 7.63. The van der Waals surface area contributed by atoms with Crippen molar-refractivity contribution in [1.82, 2.24) is 9.97 Å². The maximum atomic E-state index is 6.03. The third-order valence-electron chi connectivity index (χ3n) is 1.90. The van der Waals surface area contributed by atoms with Crippen LogP contribution in [0.3, 0.4) is 0 Å². The quantitative estimate of drug-likeness (QED) is 0.727. The molecular formula is C13H28N2O3Si3. The van der Waals surface area contributed by atoms with Gasteiger partial charge in [-0.3, -0.25) is 0 Å². The van der Waals surface area contributed by atoms with Crippen molar-refractivity contribution in [2.75, 3.05) is 0 Å². The van der Waals surface area contributed by atoms with Crippen molar-refractivity contribution in [2.24, 2.45) is 0 Å². The second-order valence-electron chi connectivity index (χ2n) is 7.96. The molecule has 1 aromatic rings. The maximum Gasteiger partial charge on any atom is 0.266 e. The molecule has 21 heavy (non-hydrogen) atoms. The van der Waals surface area contributed by atoms with Gasteiger partial charge in [0.25, 0.3) is 11.8 Å². The molecule has 0 atom stereocenters. The lowest BCUT2D eigenvalue weighted by Crippen LogP contribution is -2.34. The van der Waals surface area contributed by atoms with Crippen LogP contribution in [0.2, 0.25) is 58.9 Å². The van der Waals surface area contributed by atoms with Crippen molar-refractivity contribution in [2.45, 2.75) is 58.9 Å². The molecule has 0 saturated carbocycles. The molecule has 0 aliphatic heterocycles. The Labute approximate surface area is 131 Å². The molecule has 0 unspecified atom stereocenters. The van der Waals surface area contributed by atoms with E-state index in [1.165, 1.54) is 0 Å². The Morgan fingerprint density at radius 2 is 1.10 bits per heavy atom. The van der Waals surface area contributed by atoms with Crippen molar-refractivity contribution in [3.05, 3.63) is 6.20 Å². The van der Waals surface area contributed by atoms with Gasteiger partial charge in [-0.05, 0) is 58.9 Å². The van der Waals surface area contributed by atoms with Crippen molar-refractivity contribution >= 4 is 25.0 Å². The van der Waals surface area contributed by atoms with Crippen LogP contribution in [0.15, 0.2) is 6.20 Å². The van der Waals surface area contributed by atoms with Gasteiger partial charge in [0.2, 0.25) is 30.8 Å². The van der Waals surface area contributed by atoms with Crippen LogP contribution in [0.4, 0.5) is 0 Å². The van der Waals surface area contributed by atoms with E-state index in [2.05, 4.69) is 68.9 Å². The summed E-state index contributed by atoms with van der Waals surface area (Å²) in [7, 11) is -5.29. The summed E-state index contributed by atoms with van der Waals surface area (Å²) in [6.45, 7) is 19.0. The number of aromatic nitrogens is 2. The zero-order chi connectivity index (χ0) is 16.5. The van der Waals surface area contributed by atoms with Gasteiger partial charge in [0.1, 0.15) is 0 Å². The van der Waals surface area contributed by atoms with Gasteiger partial charge >= 0.3 is 0 Å². The number of nitrogens with zero attached hydrogens (tertiary/aromatic N) is 2. The van der Waals surface area contributed by atoms with Crippen molar-refractivity contribution < 1.29 is 13.3 Å². The monoisotopic (exact) mass is 344 g/mol. The molecule has 0 fully saturated rings. The highest BCUT2D eigenvalue weighted by molar-refractivity contribution is 6.71. The molecule has 0 saturated heterocycles. The predicted octanol–water partition coefficient (Wildman–Crippen LogP) is 4.12. The van der Waals surface area contributed by atoms with Crippen LogP contribution in [0.25, 0.3) is 0 Å². The van der Waals surface area contributed by atoms with E-state index in [0.717, 1.165) is 0 Å². The summed E-state index contributed by atoms with van der Waals surface area (Å²) in [6.07, 6.45) is 1.63. The zero-order valence-electron chi connectivity index (χ0n) is 14.7. The van der Waals surface area contributed by atoms with E-state index in [1.807, 2.05) is 0 Å². The highest BCUT2D eigenvalue weighted by Gasteiger charge is 2.26. The molecule has 0 amide bonds. The Morgan fingerprint density at radius 3 is 1.52 bits per heavy atom. The predicted molar refractivity (Wildman–Crippen MR) is 94.0 cm³/mol. The van der Waals surface area contributed by atoms with Gasteiger partial charge in [0.15, 0.2) is 0 Å². The number of hydrogen-bond donors (Lipinski definition) is 0. The smallest absolute Gasteiger partial charge is 0.266 e. The van der Waals surface area contributed by atoms with Gasteiger partial charge in [-0.15, -0.1) is 0 Å². The van der Waals surface area contributed by atoms with E-state index in [-0.39, 0.29) is 0 Å². The van der Waals surface area contributed by atoms with E-state index < -0.39 is 25.0 Å². The fourth-order valence-electron chi connectivity index (χ4n) is 1.43. The first kappa shape index (κ1) is 18.2. The summed E-state index contributed by atoms with van der Waals surface area (Å²) in [6, 6.07) is 0. The minimum atomic E-state index is -1.80. The van der Waals surface area contributed by atoms with E-state index in [1.54, 1.807) is 6.20 Å². The topological polar surface area (TPSA) is 53.5 Å².